The molecule has 3 heteroatoms. The first-order chi connectivity index (χ1) is 6.23. The molecular weight excluding hydrogens is 222 g/mol. The van der Waals surface area contributed by atoms with Crippen LogP contribution in [0.4, 0.5) is 0 Å². The maximum atomic E-state index is 6.70. The molecule has 0 bridgehead atoms. The Morgan fingerprint density at radius 3 is 2.31 bits per heavy atom. The summed E-state index contributed by atoms with van der Waals surface area (Å²) in [6.45, 7) is 0. The number of rotatable bonds is 1. The highest BCUT2D eigenvalue weighted by Crippen LogP contribution is 2.68. The van der Waals surface area contributed by atoms with E-state index in [4.69, 9.17) is 22.8 Å². The van der Waals surface area contributed by atoms with Crippen LogP contribution >= 0.6 is 30.1 Å². The van der Waals surface area contributed by atoms with Gasteiger partial charge in [0.05, 0.1) is 4.62 Å². The lowest BCUT2D eigenvalue weighted by Gasteiger charge is -2.36. The molecule has 1 aliphatic carbocycles. The second kappa shape index (κ2) is 4.25. The first-order valence-corrected chi connectivity index (χ1v) is 8.17. The van der Waals surface area contributed by atoms with Gasteiger partial charge in [0.25, 0.3) is 0 Å². The van der Waals surface area contributed by atoms with E-state index >= 15 is 0 Å². The summed E-state index contributed by atoms with van der Waals surface area (Å²) in [6, 6.07) is 0. The molecule has 76 valence electrons. The van der Waals surface area contributed by atoms with Crippen molar-refractivity contribution in [3.63, 3.8) is 0 Å². The molecule has 0 N–H and O–H groups in total. The molecule has 1 saturated carbocycles. The van der Waals surface area contributed by atoms with Crippen molar-refractivity contribution in [3.05, 3.63) is 0 Å². The summed E-state index contributed by atoms with van der Waals surface area (Å²) in [7, 11) is -0.396. The molecule has 2 fully saturated rings. The zero-order chi connectivity index (χ0) is 9.31. The molecule has 1 aliphatic heterocycles. The Balaban J connectivity index is 2.03. The summed E-state index contributed by atoms with van der Waals surface area (Å²) in [4.78, 5) is 0. The molecule has 0 aromatic rings. The van der Waals surface area contributed by atoms with E-state index in [1.807, 2.05) is 0 Å². The van der Waals surface area contributed by atoms with Crippen molar-refractivity contribution < 1.29 is 0 Å². The average Bonchev–Trinajstić information content (AvgIpc) is 2.50. The highest BCUT2D eigenvalue weighted by molar-refractivity contribution is 7.86. The Hall–Kier alpha value is 1.01. The fourth-order valence-corrected chi connectivity index (χ4v) is 6.21. The molecule has 2 rings (SSSR count). The number of halogens is 2. The molecule has 0 aromatic heterocycles. The maximum Gasteiger partial charge on any atom is 0.0810 e. The Morgan fingerprint density at radius 1 is 1.08 bits per heavy atom. The lowest BCUT2D eigenvalue weighted by Crippen LogP contribution is -2.28. The van der Waals surface area contributed by atoms with Gasteiger partial charge in [-0.15, -0.1) is 11.6 Å². The predicted octanol–water partition coefficient (Wildman–Crippen LogP) is 4.93. The minimum absolute atomic E-state index is 0.0251. The van der Waals surface area contributed by atoms with Gasteiger partial charge in [0.1, 0.15) is 0 Å². The van der Waals surface area contributed by atoms with Crippen molar-refractivity contribution in [1.29, 1.82) is 0 Å². The largest absolute Gasteiger partial charge is 0.113 e. The monoisotopic (exact) mass is 238 g/mol. The standard InChI is InChI=1S/C10H17Cl2P/c11-10(7-4-8-13(10)12)9-5-2-1-3-6-9/h9H,1-8H2. The molecule has 0 amide bonds. The van der Waals surface area contributed by atoms with Crippen molar-refractivity contribution in [1.82, 2.24) is 0 Å². The highest BCUT2D eigenvalue weighted by Gasteiger charge is 2.46. The van der Waals surface area contributed by atoms with E-state index in [0.29, 0.717) is 0 Å². The molecule has 0 aromatic carbocycles. The van der Waals surface area contributed by atoms with E-state index in [1.165, 1.54) is 51.1 Å². The third kappa shape index (κ3) is 2.01. The van der Waals surface area contributed by atoms with Crippen LogP contribution in [-0.4, -0.2) is 10.8 Å². The maximum absolute atomic E-state index is 6.70. The van der Waals surface area contributed by atoms with Gasteiger partial charge in [-0.1, -0.05) is 30.5 Å². The van der Waals surface area contributed by atoms with Gasteiger partial charge in [-0.05, 0) is 37.8 Å². The van der Waals surface area contributed by atoms with Crippen LogP contribution in [0.15, 0.2) is 0 Å². The smallest absolute Gasteiger partial charge is 0.0810 e. The molecule has 1 heterocycles. The quantitative estimate of drug-likeness (QED) is 0.449. The molecule has 2 aliphatic rings. The summed E-state index contributed by atoms with van der Waals surface area (Å²) in [5.41, 5.74) is 0. The van der Waals surface area contributed by atoms with Crippen molar-refractivity contribution >= 4 is 30.1 Å². The van der Waals surface area contributed by atoms with E-state index in [-0.39, 0.29) is 4.62 Å². The number of hydrogen-bond donors (Lipinski definition) is 0. The van der Waals surface area contributed by atoms with Crippen LogP contribution in [0, 0.1) is 5.92 Å². The molecular formula is C10H17Cl2P. The third-order valence-corrected chi connectivity index (χ3v) is 8.40. The van der Waals surface area contributed by atoms with Gasteiger partial charge in [0.15, 0.2) is 0 Å². The lowest BCUT2D eigenvalue weighted by atomic mass is 9.85. The van der Waals surface area contributed by atoms with Gasteiger partial charge < -0.3 is 0 Å². The zero-order valence-electron chi connectivity index (χ0n) is 7.94. The minimum Gasteiger partial charge on any atom is -0.113 e. The van der Waals surface area contributed by atoms with Crippen LogP contribution in [0.3, 0.4) is 0 Å². The van der Waals surface area contributed by atoms with Crippen molar-refractivity contribution in [2.24, 2.45) is 5.92 Å². The number of alkyl halides is 1. The first-order valence-electron chi connectivity index (χ1n) is 5.36. The van der Waals surface area contributed by atoms with Crippen molar-refractivity contribution in [2.45, 2.75) is 49.6 Å². The zero-order valence-corrected chi connectivity index (χ0v) is 10.3. The average molecular weight is 239 g/mol. The Morgan fingerprint density at radius 2 is 1.77 bits per heavy atom. The van der Waals surface area contributed by atoms with E-state index < -0.39 is 7.27 Å². The molecule has 0 spiro atoms. The summed E-state index contributed by atoms with van der Waals surface area (Å²) >= 11 is 13.1. The van der Waals surface area contributed by atoms with Crippen LogP contribution in [0.1, 0.15) is 44.9 Å². The highest BCUT2D eigenvalue weighted by atomic mass is 35.7. The summed E-state index contributed by atoms with van der Waals surface area (Å²) < 4.78 is 0.0251. The Kier molecular flexibility index (Phi) is 3.44. The molecule has 0 nitrogen and oxygen atoms in total. The SMILES string of the molecule is ClP1CCCC1(Cl)C1CCCCC1. The molecule has 0 radical (unpaired) electrons. The van der Waals surface area contributed by atoms with Gasteiger partial charge in [0.2, 0.25) is 0 Å². The molecule has 2 atom stereocenters. The van der Waals surface area contributed by atoms with Gasteiger partial charge in [-0.3, -0.25) is 0 Å². The fourth-order valence-electron chi connectivity index (χ4n) is 2.72. The van der Waals surface area contributed by atoms with Gasteiger partial charge in [0, 0.05) is 7.27 Å². The second-order valence-corrected chi connectivity index (χ2v) is 8.47. The Labute approximate surface area is 91.9 Å². The van der Waals surface area contributed by atoms with Gasteiger partial charge in [-0.2, -0.15) is 0 Å². The minimum atomic E-state index is -0.396. The lowest BCUT2D eigenvalue weighted by molar-refractivity contribution is 0.323. The van der Waals surface area contributed by atoms with Crippen molar-refractivity contribution in [3.8, 4) is 0 Å². The Bertz CT molecular complexity index is 180. The van der Waals surface area contributed by atoms with Crippen LogP contribution < -0.4 is 0 Å². The summed E-state index contributed by atoms with van der Waals surface area (Å²) in [5, 5.41) is 0. The van der Waals surface area contributed by atoms with Crippen LogP contribution in [0.5, 0.6) is 0 Å². The van der Waals surface area contributed by atoms with E-state index in [9.17, 15) is 0 Å². The second-order valence-electron chi connectivity index (χ2n) is 4.34. The van der Waals surface area contributed by atoms with Crippen LogP contribution in [0.25, 0.3) is 0 Å². The van der Waals surface area contributed by atoms with E-state index in [0.717, 1.165) is 5.92 Å². The van der Waals surface area contributed by atoms with E-state index in [2.05, 4.69) is 0 Å². The fraction of sp³-hybridized carbons (Fsp3) is 1.00. The van der Waals surface area contributed by atoms with Gasteiger partial charge >= 0.3 is 0 Å². The predicted molar refractivity (Wildman–Crippen MR) is 62.0 cm³/mol. The summed E-state index contributed by atoms with van der Waals surface area (Å²) in [6.07, 6.45) is 10.4. The first kappa shape index (κ1) is 10.5. The molecule has 2 unspecified atom stereocenters. The summed E-state index contributed by atoms with van der Waals surface area (Å²) in [5.74, 6) is 0.731. The molecule has 13 heavy (non-hydrogen) atoms. The van der Waals surface area contributed by atoms with Crippen LogP contribution in [-0.2, 0) is 0 Å². The normalized spacial score (nSPS) is 42.5. The third-order valence-electron chi connectivity index (χ3n) is 3.52. The van der Waals surface area contributed by atoms with Crippen LogP contribution in [0.2, 0.25) is 0 Å². The molecule has 1 saturated heterocycles. The van der Waals surface area contributed by atoms with E-state index in [1.54, 1.807) is 0 Å². The number of hydrogen-bond acceptors (Lipinski definition) is 0. The van der Waals surface area contributed by atoms with Gasteiger partial charge in [-0.25, -0.2) is 0 Å². The topological polar surface area (TPSA) is 0 Å². The van der Waals surface area contributed by atoms with Crippen molar-refractivity contribution in [2.75, 3.05) is 6.16 Å².